The third-order valence-corrected chi connectivity index (χ3v) is 6.66. The number of nitrogens with zero attached hydrogens (tertiary/aromatic N) is 2. The lowest BCUT2D eigenvalue weighted by molar-refractivity contribution is -0.138. The molecule has 1 aromatic carbocycles. The van der Waals surface area contributed by atoms with E-state index in [0.29, 0.717) is 41.8 Å². The highest BCUT2D eigenvalue weighted by Crippen LogP contribution is 2.46. The molecule has 2 aromatic rings. The van der Waals surface area contributed by atoms with E-state index < -0.39 is 21.9 Å². The number of sulfonamides is 1. The molecular formula is C23H24N4O5S. The molecule has 172 valence electrons. The van der Waals surface area contributed by atoms with Crippen LogP contribution < -0.4 is 15.8 Å². The summed E-state index contributed by atoms with van der Waals surface area (Å²) in [4.78, 5) is 32.0. The molecule has 0 saturated heterocycles. The highest BCUT2D eigenvalue weighted by Gasteiger charge is 2.43. The van der Waals surface area contributed by atoms with Gasteiger partial charge in [0, 0.05) is 35.8 Å². The van der Waals surface area contributed by atoms with Crippen LogP contribution in [0.25, 0.3) is 0 Å². The third-order valence-electron chi connectivity index (χ3n) is 5.73. The van der Waals surface area contributed by atoms with Crippen molar-refractivity contribution in [2.75, 3.05) is 11.5 Å². The number of carbonyl (C=O) groups is 2. The maximum Gasteiger partial charge on any atom is 0.338 e. The molecule has 0 spiro atoms. The molecular weight excluding hydrogens is 444 g/mol. The van der Waals surface area contributed by atoms with Crippen molar-refractivity contribution in [3.05, 3.63) is 77.0 Å². The van der Waals surface area contributed by atoms with E-state index in [1.165, 1.54) is 12.1 Å². The lowest BCUT2D eigenvalue weighted by Crippen LogP contribution is -2.41. The predicted molar refractivity (Wildman–Crippen MR) is 121 cm³/mol. The molecule has 0 fully saturated rings. The van der Waals surface area contributed by atoms with Gasteiger partial charge in [-0.15, -0.1) is 0 Å². The Hall–Kier alpha value is -3.50. The molecule has 9 nitrogen and oxygen atoms in total. The van der Waals surface area contributed by atoms with E-state index in [9.17, 15) is 18.0 Å². The standard InChI is InChI=1S/C23H24N4O5S/c1-2-32-23(29)21-19(14-5-4-12-26-13-14)20-17(6-3-7-18(20)28)27(22(21)24)15-8-10-16(11-9-15)33(25,30)31/h4-5,8-13,19H,2-3,6-7,24H2,1H3,(H2,25,30,31)/t19-/m0/s1. The van der Waals surface area contributed by atoms with Gasteiger partial charge in [-0.3, -0.25) is 14.7 Å². The minimum atomic E-state index is -3.88. The Morgan fingerprint density at radius 2 is 1.94 bits per heavy atom. The second-order valence-electron chi connectivity index (χ2n) is 7.75. The number of pyridine rings is 1. The number of ketones is 1. The molecule has 1 atom stereocenters. The Morgan fingerprint density at radius 1 is 1.21 bits per heavy atom. The summed E-state index contributed by atoms with van der Waals surface area (Å²) in [7, 11) is -3.88. The number of esters is 1. The van der Waals surface area contributed by atoms with E-state index in [0.717, 1.165) is 0 Å². The lowest BCUT2D eigenvalue weighted by Gasteiger charge is -2.40. The van der Waals surface area contributed by atoms with E-state index in [1.54, 1.807) is 48.5 Å². The zero-order chi connectivity index (χ0) is 23.8. The van der Waals surface area contributed by atoms with Crippen LogP contribution in [-0.2, 0) is 24.3 Å². The monoisotopic (exact) mass is 468 g/mol. The average Bonchev–Trinajstić information content (AvgIpc) is 2.79. The number of Topliss-reactive ketones (excluding diaryl/α,β-unsaturated/α-hetero) is 1. The Balaban J connectivity index is 1.96. The Morgan fingerprint density at radius 3 is 2.55 bits per heavy atom. The van der Waals surface area contributed by atoms with Crippen molar-refractivity contribution in [2.24, 2.45) is 10.9 Å². The molecule has 0 unspecified atom stereocenters. The second-order valence-corrected chi connectivity index (χ2v) is 9.31. The van der Waals surface area contributed by atoms with E-state index in [4.69, 9.17) is 15.6 Å². The van der Waals surface area contributed by atoms with Crippen molar-refractivity contribution >= 4 is 27.5 Å². The first-order valence-electron chi connectivity index (χ1n) is 10.5. The predicted octanol–water partition coefficient (Wildman–Crippen LogP) is 2.07. The van der Waals surface area contributed by atoms with Gasteiger partial charge in [0.1, 0.15) is 5.82 Å². The number of hydrogen-bond donors (Lipinski definition) is 2. The summed E-state index contributed by atoms with van der Waals surface area (Å²) in [6.45, 7) is 1.83. The van der Waals surface area contributed by atoms with Gasteiger partial charge in [0.25, 0.3) is 0 Å². The number of hydrogen-bond acceptors (Lipinski definition) is 8. The van der Waals surface area contributed by atoms with Gasteiger partial charge in [-0.2, -0.15) is 0 Å². The summed E-state index contributed by atoms with van der Waals surface area (Å²) in [5, 5.41) is 5.22. The number of aromatic nitrogens is 1. The molecule has 10 heteroatoms. The number of ether oxygens (including phenoxy) is 1. The molecule has 0 saturated carbocycles. The first-order chi connectivity index (χ1) is 15.7. The SMILES string of the molecule is CCOC(=O)C1=C(N)N(c2ccc(S(N)(=O)=O)cc2)C2=C(C(=O)CCC2)[C@@H]1c1cccnc1. The molecule has 0 bridgehead atoms. The number of allylic oxidation sites excluding steroid dienone is 2. The summed E-state index contributed by atoms with van der Waals surface area (Å²) in [6, 6.07) is 9.35. The molecule has 2 aliphatic rings. The van der Waals surface area contributed by atoms with Gasteiger partial charge in [-0.1, -0.05) is 6.07 Å². The summed E-state index contributed by atoms with van der Waals surface area (Å²) >= 11 is 0. The maximum absolute atomic E-state index is 13.2. The maximum atomic E-state index is 13.2. The molecule has 0 amide bonds. The Kier molecular flexibility index (Phi) is 6.05. The van der Waals surface area contributed by atoms with E-state index in [1.807, 2.05) is 0 Å². The van der Waals surface area contributed by atoms with E-state index >= 15 is 0 Å². The van der Waals surface area contributed by atoms with Gasteiger partial charge in [0.05, 0.1) is 23.0 Å². The van der Waals surface area contributed by atoms with E-state index in [-0.39, 0.29) is 28.7 Å². The van der Waals surface area contributed by atoms with Gasteiger partial charge in [-0.25, -0.2) is 18.4 Å². The first-order valence-corrected chi connectivity index (χ1v) is 12.0. The van der Waals surface area contributed by atoms with Crippen LogP contribution in [0, 0.1) is 0 Å². The fourth-order valence-corrected chi connectivity index (χ4v) is 4.87. The number of primary sulfonamides is 1. The highest BCUT2D eigenvalue weighted by atomic mass is 32.2. The van der Waals surface area contributed by atoms with Gasteiger partial charge in [0.15, 0.2) is 5.78 Å². The van der Waals surface area contributed by atoms with Crippen LogP contribution in [-0.4, -0.2) is 31.8 Å². The van der Waals surface area contributed by atoms with Crippen LogP contribution in [0.15, 0.2) is 76.4 Å². The third kappa shape index (κ3) is 4.14. The molecule has 0 radical (unpaired) electrons. The molecule has 1 aliphatic carbocycles. The van der Waals surface area contributed by atoms with Crippen molar-refractivity contribution in [3.63, 3.8) is 0 Å². The first kappa shape index (κ1) is 22.7. The summed E-state index contributed by atoms with van der Waals surface area (Å²) in [5.74, 6) is -1.29. The number of benzene rings is 1. The molecule has 2 heterocycles. The fraction of sp³-hybridized carbons (Fsp3) is 0.261. The van der Waals surface area contributed by atoms with Crippen LogP contribution in [0.2, 0.25) is 0 Å². The zero-order valence-corrected chi connectivity index (χ0v) is 18.8. The zero-order valence-electron chi connectivity index (χ0n) is 18.0. The minimum absolute atomic E-state index is 0.0569. The van der Waals surface area contributed by atoms with Crippen LogP contribution in [0.5, 0.6) is 0 Å². The number of carbonyl (C=O) groups excluding carboxylic acids is 2. The molecule has 1 aliphatic heterocycles. The normalized spacial score (nSPS) is 18.9. The largest absolute Gasteiger partial charge is 0.463 e. The van der Waals surface area contributed by atoms with Crippen LogP contribution >= 0.6 is 0 Å². The average molecular weight is 469 g/mol. The van der Waals surface area contributed by atoms with Crippen LogP contribution in [0.4, 0.5) is 5.69 Å². The highest BCUT2D eigenvalue weighted by molar-refractivity contribution is 7.89. The van der Waals surface area contributed by atoms with Crippen molar-refractivity contribution < 1.29 is 22.7 Å². The molecule has 33 heavy (non-hydrogen) atoms. The van der Waals surface area contributed by atoms with Crippen molar-refractivity contribution in [2.45, 2.75) is 37.0 Å². The number of nitrogens with two attached hydrogens (primary N) is 2. The van der Waals surface area contributed by atoms with Crippen molar-refractivity contribution in [1.29, 1.82) is 0 Å². The topological polar surface area (TPSA) is 146 Å². The molecule has 4 rings (SSSR count). The molecule has 4 N–H and O–H groups in total. The quantitative estimate of drug-likeness (QED) is 0.634. The number of anilines is 1. The Labute approximate surface area is 191 Å². The summed E-state index contributed by atoms with van der Waals surface area (Å²) in [6.07, 6.45) is 4.77. The fourth-order valence-electron chi connectivity index (χ4n) is 4.36. The second kappa shape index (κ2) is 8.80. The van der Waals surface area contributed by atoms with Gasteiger partial charge in [0.2, 0.25) is 10.0 Å². The summed E-state index contributed by atoms with van der Waals surface area (Å²) < 4.78 is 28.7. The lowest BCUT2D eigenvalue weighted by atomic mass is 9.75. The smallest absolute Gasteiger partial charge is 0.338 e. The minimum Gasteiger partial charge on any atom is -0.463 e. The van der Waals surface area contributed by atoms with Gasteiger partial charge < -0.3 is 10.5 Å². The summed E-state index contributed by atoms with van der Waals surface area (Å²) in [5.41, 5.74) is 9.05. The number of rotatable bonds is 5. The Bertz CT molecular complexity index is 1270. The van der Waals surface area contributed by atoms with E-state index in [2.05, 4.69) is 4.98 Å². The van der Waals surface area contributed by atoms with Crippen molar-refractivity contribution in [1.82, 2.24) is 4.98 Å². The van der Waals surface area contributed by atoms with Gasteiger partial charge in [-0.05, 0) is 55.7 Å². The van der Waals surface area contributed by atoms with Crippen molar-refractivity contribution in [3.8, 4) is 0 Å². The van der Waals surface area contributed by atoms with Crippen LogP contribution in [0.1, 0.15) is 37.7 Å². The van der Waals surface area contributed by atoms with Gasteiger partial charge >= 0.3 is 5.97 Å². The molecule has 1 aromatic heterocycles. The van der Waals surface area contributed by atoms with Crippen LogP contribution in [0.3, 0.4) is 0 Å².